The zero-order chi connectivity index (χ0) is 23.6. The number of carbonyl (C=O) groups is 2. The molecule has 0 saturated carbocycles. The second kappa shape index (κ2) is 13.0. The van der Waals surface area contributed by atoms with Crippen LogP contribution in [0.15, 0.2) is 42.5 Å². The molecular weight excluding hydrogens is 454 g/mol. The molecule has 0 spiro atoms. The first kappa shape index (κ1) is 25.6. The summed E-state index contributed by atoms with van der Waals surface area (Å²) in [7, 11) is 0. The lowest BCUT2D eigenvalue weighted by Gasteiger charge is -2.36. The monoisotopic (exact) mass is 487 g/mol. The molecule has 1 saturated heterocycles. The second-order valence-corrected chi connectivity index (χ2v) is 10.5. The Hall–Kier alpha value is -1.98. The minimum Gasteiger partial charge on any atom is -0.481 e. The Morgan fingerprint density at radius 2 is 2.03 bits per heavy atom. The van der Waals surface area contributed by atoms with Gasteiger partial charge in [0, 0.05) is 36.2 Å². The van der Waals surface area contributed by atoms with Gasteiger partial charge >= 0.3 is 5.97 Å². The van der Waals surface area contributed by atoms with E-state index in [0.29, 0.717) is 18.9 Å². The fraction of sp³-hybridized carbons (Fsp3) is 0.481. The van der Waals surface area contributed by atoms with Crippen LogP contribution in [0.3, 0.4) is 0 Å². The van der Waals surface area contributed by atoms with Crippen LogP contribution in [0.25, 0.3) is 11.1 Å². The molecule has 0 aromatic heterocycles. The standard InChI is InChI=1S/C27H34ClNO3S/c1-20-18-23(28)13-14-25(20)22-8-2-6-21(19-22)7-3-9-24-10-4-11-26(30)29(24)15-17-33-16-5-12-27(31)32/h2,6,8,13-14,18-19,24H,3-5,7,9-12,15-17H2,1H3,(H,31,32)/t24-/m0/s1. The number of carboxylic acid groups (broad SMARTS) is 1. The zero-order valence-corrected chi connectivity index (χ0v) is 21.0. The number of carboxylic acids is 1. The molecule has 178 valence electrons. The zero-order valence-electron chi connectivity index (χ0n) is 19.4. The van der Waals surface area contributed by atoms with Crippen LogP contribution in [0.4, 0.5) is 0 Å². The van der Waals surface area contributed by atoms with Crippen molar-refractivity contribution in [3.8, 4) is 11.1 Å². The molecule has 1 N–H and O–H groups in total. The van der Waals surface area contributed by atoms with Crippen molar-refractivity contribution in [2.45, 2.75) is 64.3 Å². The smallest absolute Gasteiger partial charge is 0.303 e. The normalized spacial score (nSPS) is 16.2. The maximum atomic E-state index is 12.5. The molecule has 2 aromatic carbocycles. The summed E-state index contributed by atoms with van der Waals surface area (Å²) in [6.07, 6.45) is 6.72. The Labute approximate surface area is 206 Å². The number of rotatable bonds is 12. The molecule has 33 heavy (non-hydrogen) atoms. The van der Waals surface area contributed by atoms with Crippen LogP contribution in [0.5, 0.6) is 0 Å². The molecule has 0 radical (unpaired) electrons. The van der Waals surface area contributed by atoms with Crippen molar-refractivity contribution in [1.82, 2.24) is 4.90 Å². The van der Waals surface area contributed by atoms with Crippen molar-refractivity contribution in [1.29, 1.82) is 0 Å². The highest BCUT2D eigenvalue weighted by Gasteiger charge is 2.27. The molecule has 6 heteroatoms. The van der Waals surface area contributed by atoms with Gasteiger partial charge in [0.1, 0.15) is 0 Å². The van der Waals surface area contributed by atoms with Crippen LogP contribution in [0.2, 0.25) is 5.02 Å². The molecule has 0 unspecified atom stereocenters. The van der Waals surface area contributed by atoms with Crippen molar-refractivity contribution < 1.29 is 14.7 Å². The number of likely N-dealkylation sites (tertiary alicyclic amines) is 1. The van der Waals surface area contributed by atoms with Gasteiger partial charge in [-0.05, 0) is 85.6 Å². The summed E-state index contributed by atoms with van der Waals surface area (Å²) in [5.74, 6) is 1.25. The van der Waals surface area contributed by atoms with Crippen molar-refractivity contribution in [3.05, 3.63) is 58.6 Å². The van der Waals surface area contributed by atoms with Crippen LogP contribution in [-0.2, 0) is 16.0 Å². The molecular formula is C27H34ClNO3S. The molecule has 1 aliphatic rings. The fourth-order valence-corrected chi connectivity index (χ4v) is 5.68. The quantitative estimate of drug-likeness (QED) is 0.342. The van der Waals surface area contributed by atoms with E-state index >= 15 is 0 Å². The summed E-state index contributed by atoms with van der Waals surface area (Å²) >= 11 is 7.86. The van der Waals surface area contributed by atoms with Crippen LogP contribution >= 0.6 is 23.4 Å². The number of hydrogen-bond acceptors (Lipinski definition) is 3. The first-order chi connectivity index (χ1) is 15.9. The van der Waals surface area contributed by atoms with Gasteiger partial charge < -0.3 is 10.0 Å². The third-order valence-electron chi connectivity index (χ3n) is 6.27. The summed E-state index contributed by atoms with van der Waals surface area (Å²) in [6.45, 7) is 2.86. The molecule has 4 nitrogen and oxygen atoms in total. The van der Waals surface area contributed by atoms with Crippen molar-refractivity contribution in [2.75, 3.05) is 18.1 Å². The molecule has 1 heterocycles. The van der Waals surface area contributed by atoms with E-state index in [0.717, 1.165) is 55.2 Å². The van der Waals surface area contributed by atoms with Gasteiger partial charge in [-0.3, -0.25) is 9.59 Å². The van der Waals surface area contributed by atoms with Crippen LogP contribution < -0.4 is 0 Å². The van der Waals surface area contributed by atoms with E-state index in [1.807, 2.05) is 12.1 Å². The second-order valence-electron chi connectivity index (χ2n) is 8.79. The molecule has 1 amide bonds. The average molecular weight is 488 g/mol. The highest BCUT2D eigenvalue weighted by atomic mass is 35.5. The third kappa shape index (κ3) is 8.08. The van der Waals surface area contributed by atoms with Crippen LogP contribution in [0, 0.1) is 6.92 Å². The lowest BCUT2D eigenvalue weighted by Crippen LogP contribution is -2.44. The number of aliphatic carboxylic acids is 1. The first-order valence-corrected chi connectivity index (χ1v) is 13.4. The van der Waals surface area contributed by atoms with Gasteiger partial charge in [0.15, 0.2) is 0 Å². The minimum atomic E-state index is -0.740. The van der Waals surface area contributed by atoms with Gasteiger partial charge in [-0.25, -0.2) is 0 Å². The highest BCUT2D eigenvalue weighted by Crippen LogP contribution is 2.28. The van der Waals surface area contributed by atoms with E-state index in [1.54, 1.807) is 11.8 Å². The molecule has 3 rings (SSSR count). The number of piperidine rings is 1. The highest BCUT2D eigenvalue weighted by molar-refractivity contribution is 7.99. The number of nitrogens with zero attached hydrogens (tertiary/aromatic N) is 1. The van der Waals surface area contributed by atoms with E-state index in [9.17, 15) is 9.59 Å². The van der Waals surface area contributed by atoms with Gasteiger partial charge in [0.05, 0.1) is 0 Å². The Kier molecular flexibility index (Phi) is 10.1. The molecule has 1 fully saturated rings. The fourth-order valence-electron chi connectivity index (χ4n) is 4.58. The van der Waals surface area contributed by atoms with Gasteiger partial charge in [-0.2, -0.15) is 11.8 Å². The van der Waals surface area contributed by atoms with E-state index in [-0.39, 0.29) is 12.3 Å². The SMILES string of the molecule is Cc1cc(Cl)ccc1-c1cccc(CCC[C@H]2CCCC(=O)N2CCSCCCC(=O)O)c1. The summed E-state index contributed by atoms with van der Waals surface area (Å²) in [5.41, 5.74) is 4.93. The summed E-state index contributed by atoms with van der Waals surface area (Å²) in [4.78, 5) is 25.2. The van der Waals surface area contributed by atoms with E-state index in [2.05, 4.69) is 42.2 Å². The lowest BCUT2D eigenvalue weighted by atomic mass is 9.94. The molecule has 1 atom stereocenters. The summed E-state index contributed by atoms with van der Waals surface area (Å²) in [6, 6.07) is 15.1. The van der Waals surface area contributed by atoms with Crippen LogP contribution in [0.1, 0.15) is 56.1 Å². The van der Waals surface area contributed by atoms with Crippen LogP contribution in [-0.4, -0.2) is 46.0 Å². The van der Waals surface area contributed by atoms with E-state index < -0.39 is 5.97 Å². The Bertz CT molecular complexity index is 949. The van der Waals surface area contributed by atoms with Crippen molar-refractivity contribution in [3.63, 3.8) is 0 Å². The average Bonchev–Trinajstić information content (AvgIpc) is 2.77. The van der Waals surface area contributed by atoms with E-state index in [4.69, 9.17) is 16.7 Å². The predicted octanol–water partition coefficient (Wildman–Crippen LogP) is 6.62. The van der Waals surface area contributed by atoms with Gasteiger partial charge in [-0.1, -0.05) is 41.9 Å². The minimum absolute atomic E-state index is 0.219. The Morgan fingerprint density at radius 1 is 1.18 bits per heavy atom. The Morgan fingerprint density at radius 3 is 2.82 bits per heavy atom. The predicted molar refractivity (Wildman–Crippen MR) is 138 cm³/mol. The van der Waals surface area contributed by atoms with E-state index in [1.165, 1.54) is 22.3 Å². The third-order valence-corrected chi connectivity index (χ3v) is 7.56. The Balaban J connectivity index is 1.50. The molecule has 0 aliphatic carbocycles. The number of carbonyl (C=O) groups excluding carboxylic acids is 1. The van der Waals surface area contributed by atoms with Crippen molar-refractivity contribution >= 4 is 35.2 Å². The lowest BCUT2D eigenvalue weighted by molar-refractivity contribution is -0.137. The van der Waals surface area contributed by atoms with Crippen molar-refractivity contribution in [2.24, 2.45) is 0 Å². The number of aryl methyl sites for hydroxylation is 2. The molecule has 1 aliphatic heterocycles. The van der Waals surface area contributed by atoms with Gasteiger partial charge in [0.25, 0.3) is 0 Å². The number of thioether (sulfide) groups is 1. The largest absolute Gasteiger partial charge is 0.481 e. The van der Waals surface area contributed by atoms with Gasteiger partial charge in [0.2, 0.25) is 5.91 Å². The number of benzene rings is 2. The molecule has 0 bridgehead atoms. The molecule has 2 aromatic rings. The maximum absolute atomic E-state index is 12.5. The summed E-state index contributed by atoms with van der Waals surface area (Å²) < 4.78 is 0. The topological polar surface area (TPSA) is 57.6 Å². The van der Waals surface area contributed by atoms with Gasteiger partial charge in [-0.15, -0.1) is 0 Å². The number of hydrogen-bond donors (Lipinski definition) is 1. The number of halogens is 1. The number of amides is 1. The maximum Gasteiger partial charge on any atom is 0.303 e. The summed E-state index contributed by atoms with van der Waals surface area (Å²) in [5, 5.41) is 9.50. The first-order valence-electron chi connectivity index (χ1n) is 11.9.